The molecule has 7 heteroatoms. The van der Waals surface area contributed by atoms with E-state index in [2.05, 4.69) is 25.4 Å². The summed E-state index contributed by atoms with van der Waals surface area (Å²) in [6, 6.07) is 0.854. The van der Waals surface area contributed by atoms with E-state index in [-0.39, 0.29) is 5.60 Å². The van der Waals surface area contributed by atoms with Crippen molar-refractivity contribution in [1.29, 1.82) is 0 Å². The Labute approximate surface area is 111 Å². The van der Waals surface area contributed by atoms with Crippen LogP contribution >= 0.6 is 0 Å². The lowest BCUT2D eigenvalue weighted by molar-refractivity contribution is -0.0829. The van der Waals surface area contributed by atoms with Gasteiger partial charge < -0.3 is 9.15 Å². The van der Waals surface area contributed by atoms with Gasteiger partial charge in [0.05, 0.1) is 6.54 Å². The van der Waals surface area contributed by atoms with Crippen molar-refractivity contribution in [3.05, 3.63) is 5.89 Å². The molecule has 0 radical (unpaired) electrons. The first-order valence-corrected chi connectivity index (χ1v) is 6.76. The Bertz CT molecular complexity index is 520. The van der Waals surface area contributed by atoms with Crippen molar-refractivity contribution in [2.75, 3.05) is 31.5 Å². The summed E-state index contributed by atoms with van der Waals surface area (Å²) in [4.78, 5) is 6.93. The molecule has 5 heterocycles. The molecule has 0 unspecified atom stereocenters. The molecular weight excluding hydrogens is 246 g/mol. The summed E-state index contributed by atoms with van der Waals surface area (Å²) in [6.07, 6.45) is 2.42. The van der Waals surface area contributed by atoms with Crippen LogP contribution in [0.4, 0.5) is 6.01 Å². The summed E-state index contributed by atoms with van der Waals surface area (Å²) < 4.78 is 11.4. The van der Waals surface area contributed by atoms with Gasteiger partial charge in [-0.25, -0.2) is 4.99 Å². The van der Waals surface area contributed by atoms with Gasteiger partial charge in [-0.1, -0.05) is 5.10 Å². The van der Waals surface area contributed by atoms with Gasteiger partial charge in [-0.15, -0.1) is 5.10 Å². The normalized spacial score (nSPS) is 36.4. The maximum absolute atomic E-state index is 6.11. The standard InChI is InChI=1S/C12H17N5O2/c1-8-15-16-11(18-8)14-10-13-6-12(19-10)7-17-4-2-9(12)3-5-17/h9H,2-7H2,1H3,(H,13,14,16)/t12-/m0/s1. The van der Waals surface area contributed by atoms with E-state index in [1.54, 1.807) is 6.92 Å². The molecule has 0 saturated carbocycles. The van der Waals surface area contributed by atoms with Gasteiger partial charge in [-0.2, -0.15) is 0 Å². The van der Waals surface area contributed by atoms with Crippen LogP contribution in [0.3, 0.4) is 0 Å². The molecule has 19 heavy (non-hydrogen) atoms. The quantitative estimate of drug-likeness (QED) is 0.801. The van der Waals surface area contributed by atoms with Crippen LogP contribution in [0, 0.1) is 12.8 Å². The molecule has 0 aromatic carbocycles. The summed E-state index contributed by atoms with van der Waals surface area (Å²) in [5, 5.41) is 10.6. The van der Waals surface area contributed by atoms with Crippen molar-refractivity contribution in [2.45, 2.75) is 25.4 Å². The topological polar surface area (TPSA) is 75.8 Å². The summed E-state index contributed by atoms with van der Waals surface area (Å²) >= 11 is 0. The highest BCUT2D eigenvalue weighted by Crippen LogP contribution is 2.40. The lowest BCUT2D eigenvalue weighted by atomic mass is 9.75. The number of anilines is 1. The molecule has 1 atom stereocenters. The third-order valence-electron chi connectivity index (χ3n) is 4.35. The number of aromatic nitrogens is 2. The molecule has 2 bridgehead atoms. The minimum atomic E-state index is -0.131. The number of hydrogen-bond donors (Lipinski definition) is 1. The largest absolute Gasteiger partial charge is 0.455 e. The fourth-order valence-electron chi connectivity index (χ4n) is 3.39. The second-order valence-electron chi connectivity index (χ2n) is 5.59. The van der Waals surface area contributed by atoms with Crippen molar-refractivity contribution in [3.63, 3.8) is 0 Å². The Balaban J connectivity index is 1.47. The van der Waals surface area contributed by atoms with Crippen molar-refractivity contribution in [2.24, 2.45) is 10.9 Å². The maximum Gasteiger partial charge on any atom is 0.323 e. The summed E-state index contributed by atoms with van der Waals surface area (Å²) in [5.74, 6) is 1.14. The molecule has 3 fully saturated rings. The van der Waals surface area contributed by atoms with Gasteiger partial charge in [0.15, 0.2) is 0 Å². The van der Waals surface area contributed by atoms with Crippen LogP contribution in [0.5, 0.6) is 0 Å². The average molecular weight is 263 g/mol. The third kappa shape index (κ3) is 1.80. The number of nitrogens with zero attached hydrogens (tertiary/aromatic N) is 4. The van der Waals surface area contributed by atoms with E-state index in [9.17, 15) is 0 Å². The van der Waals surface area contributed by atoms with Crippen molar-refractivity contribution < 1.29 is 9.15 Å². The molecule has 5 rings (SSSR count). The van der Waals surface area contributed by atoms with Gasteiger partial charge >= 0.3 is 6.01 Å². The lowest BCUT2D eigenvalue weighted by Crippen LogP contribution is -2.61. The number of hydrogen-bond acceptors (Lipinski definition) is 7. The first-order chi connectivity index (χ1) is 9.23. The first-order valence-electron chi connectivity index (χ1n) is 6.76. The van der Waals surface area contributed by atoms with Crippen LogP contribution < -0.4 is 5.32 Å². The minimum absolute atomic E-state index is 0.131. The van der Waals surface area contributed by atoms with Gasteiger partial charge in [0.2, 0.25) is 5.89 Å². The molecule has 0 aliphatic carbocycles. The Morgan fingerprint density at radius 2 is 2.16 bits per heavy atom. The van der Waals surface area contributed by atoms with E-state index in [1.165, 1.54) is 25.9 Å². The fourth-order valence-corrected chi connectivity index (χ4v) is 3.39. The van der Waals surface area contributed by atoms with E-state index in [0.717, 1.165) is 13.1 Å². The van der Waals surface area contributed by atoms with Crippen molar-refractivity contribution in [3.8, 4) is 0 Å². The monoisotopic (exact) mass is 263 g/mol. The van der Waals surface area contributed by atoms with Crippen LogP contribution in [0.15, 0.2) is 9.41 Å². The molecule has 3 saturated heterocycles. The van der Waals surface area contributed by atoms with E-state index < -0.39 is 0 Å². The van der Waals surface area contributed by atoms with Crippen LogP contribution in [0.1, 0.15) is 18.7 Å². The van der Waals surface area contributed by atoms with Gasteiger partial charge in [0.25, 0.3) is 6.02 Å². The Hall–Kier alpha value is -1.63. The SMILES string of the molecule is Cc1nnc(NC2=NC[C@@]3(CN4CCC3CC4)O2)o1. The van der Waals surface area contributed by atoms with Crippen LogP contribution in [-0.2, 0) is 4.74 Å². The number of ether oxygens (including phenoxy) is 1. The number of amidine groups is 1. The molecule has 0 amide bonds. The zero-order chi connectivity index (χ0) is 12.9. The Morgan fingerprint density at radius 1 is 1.32 bits per heavy atom. The van der Waals surface area contributed by atoms with E-state index in [4.69, 9.17) is 9.15 Å². The molecule has 4 aliphatic heterocycles. The fraction of sp³-hybridized carbons (Fsp3) is 0.750. The number of aryl methyl sites for hydroxylation is 1. The highest BCUT2D eigenvalue weighted by molar-refractivity contribution is 5.88. The zero-order valence-corrected chi connectivity index (χ0v) is 10.9. The van der Waals surface area contributed by atoms with Crippen LogP contribution in [0.2, 0.25) is 0 Å². The first kappa shape index (κ1) is 11.2. The van der Waals surface area contributed by atoms with Crippen LogP contribution in [0.25, 0.3) is 0 Å². The number of nitrogens with one attached hydrogen (secondary N) is 1. The Kier molecular flexibility index (Phi) is 2.32. The number of aliphatic imine (C=N–C) groups is 1. The second-order valence-corrected chi connectivity index (χ2v) is 5.59. The molecule has 1 aromatic heterocycles. The molecule has 4 aliphatic rings. The van der Waals surface area contributed by atoms with E-state index >= 15 is 0 Å². The molecule has 7 nitrogen and oxygen atoms in total. The van der Waals surface area contributed by atoms with Gasteiger partial charge in [-0.3, -0.25) is 10.2 Å². The summed E-state index contributed by atoms with van der Waals surface area (Å²) in [6.45, 7) is 5.85. The van der Waals surface area contributed by atoms with E-state index in [0.29, 0.717) is 23.8 Å². The third-order valence-corrected chi connectivity index (χ3v) is 4.35. The van der Waals surface area contributed by atoms with Gasteiger partial charge in [0.1, 0.15) is 5.60 Å². The van der Waals surface area contributed by atoms with Crippen molar-refractivity contribution >= 4 is 12.0 Å². The molecule has 102 valence electrons. The minimum Gasteiger partial charge on any atom is -0.455 e. The smallest absolute Gasteiger partial charge is 0.323 e. The van der Waals surface area contributed by atoms with Gasteiger partial charge in [0, 0.05) is 19.4 Å². The summed E-state index contributed by atoms with van der Waals surface area (Å²) in [5.41, 5.74) is -0.131. The van der Waals surface area contributed by atoms with Gasteiger partial charge in [-0.05, 0) is 25.9 Å². The highest BCUT2D eigenvalue weighted by atomic mass is 16.5. The predicted molar refractivity (Wildman–Crippen MR) is 67.9 cm³/mol. The number of fused-ring (bicyclic) bond motifs is 2. The molecular formula is C12H17N5O2. The van der Waals surface area contributed by atoms with Crippen LogP contribution in [-0.4, -0.2) is 52.9 Å². The number of rotatable bonds is 1. The zero-order valence-electron chi connectivity index (χ0n) is 10.9. The average Bonchev–Trinajstić information content (AvgIpc) is 2.99. The second kappa shape index (κ2) is 3.93. The molecule has 1 aromatic rings. The number of piperidine rings is 3. The van der Waals surface area contributed by atoms with E-state index in [1.807, 2.05) is 0 Å². The molecule has 1 N–H and O–H groups in total. The lowest BCUT2D eigenvalue weighted by Gasteiger charge is -2.50. The van der Waals surface area contributed by atoms with Crippen molar-refractivity contribution in [1.82, 2.24) is 15.1 Å². The predicted octanol–water partition coefficient (Wildman–Crippen LogP) is 0.641. The summed E-state index contributed by atoms with van der Waals surface area (Å²) in [7, 11) is 0. The highest BCUT2D eigenvalue weighted by Gasteiger charge is 2.51. The Morgan fingerprint density at radius 3 is 2.79 bits per heavy atom. The maximum atomic E-state index is 6.11. The molecule has 1 spiro atoms.